The van der Waals surface area contributed by atoms with Gasteiger partial charge in [0.1, 0.15) is 0 Å². The predicted molar refractivity (Wildman–Crippen MR) is 57.4 cm³/mol. The van der Waals surface area contributed by atoms with Crippen molar-refractivity contribution in [1.82, 2.24) is 0 Å². The fourth-order valence-electron chi connectivity index (χ4n) is 1.76. The van der Waals surface area contributed by atoms with Gasteiger partial charge in [0.25, 0.3) is 0 Å². The molecule has 0 fully saturated rings. The van der Waals surface area contributed by atoms with E-state index >= 15 is 0 Å². The molecule has 0 spiro atoms. The summed E-state index contributed by atoms with van der Waals surface area (Å²) in [5.74, 6) is 0.621. The smallest absolute Gasteiger partial charge is 0.0940 e. The van der Waals surface area contributed by atoms with E-state index in [1.54, 1.807) is 6.26 Å². The van der Waals surface area contributed by atoms with Crippen LogP contribution in [0.1, 0.15) is 31.2 Å². The second-order valence-corrected chi connectivity index (χ2v) is 4.54. The molecule has 0 bridgehead atoms. The highest BCUT2D eigenvalue weighted by atomic mass is 127. The highest BCUT2D eigenvalue weighted by molar-refractivity contribution is 14.1. The van der Waals surface area contributed by atoms with Gasteiger partial charge < -0.3 is 4.42 Å². The topological polar surface area (TPSA) is 13.1 Å². The Morgan fingerprint density at radius 1 is 1.58 bits per heavy atom. The molecule has 1 nitrogen and oxygen atoms in total. The minimum absolute atomic E-state index is 0.621. The van der Waals surface area contributed by atoms with Crippen molar-refractivity contribution in [3.8, 4) is 0 Å². The maximum atomic E-state index is 5.09. The lowest BCUT2D eigenvalue weighted by Gasteiger charge is -2.07. The van der Waals surface area contributed by atoms with E-state index in [-0.39, 0.29) is 0 Å². The molecule has 1 aromatic rings. The molecule has 0 amide bonds. The number of rotatable bonds is 1. The molecular weight excluding hydrogens is 263 g/mol. The van der Waals surface area contributed by atoms with E-state index in [2.05, 4.69) is 35.6 Å². The Hall–Kier alpha value is -0.250. The summed E-state index contributed by atoms with van der Waals surface area (Å²) in [6, 6.07) is 2.07. The molecule has 1 aliphatic rings. The Bertz CT molecular complexity index is 298. The number of allylic oxidation sites excluding steroid dienone is 2. The van der Waals surface area contributed by atoms with Gasteiger partial charge in [0.05, 0.1) is 12.5 Å². The van der Waals surface area contributed by atoms with Crippen molar-refractivity contribution >= 4 is 22.6 Å². The van der Waals surface area contributed by atoms with E-state index in [0.29, 0.717) is 5.92 Å². The molecule has 1 aliphatic carbocycles. The first-order valence-corrected chi connectivity index (χ1v) is 5.24. The normalized spacial score (nSPS) is 23.7. The lowest BCUT2D eigenvalue weighted by molar-refractivity contribution is 0.560. The summed E-state index contributed by atoms with van der Waals surface area (Å²) >= 11 is 2.45. The second kappa shape index (κ2) is 3.24. The van der Waals surface area contributed by atoms with Crippen LogP contribution < -0.4 is 0 Å². The Balaban J connectivity index is 2.28. The highest BCUT2D eigenvalue weighted by Gasteiger charge is 2.22. The van der Waals surface area contributed by atoms with E-state index in [9.17, 15) is 0 Å². The molecule has 0 radical (unpaired) electrons. The van der Waals surface area contributed by atoms with Crippen LogP contribution in [0, 0.1) is 0 Å². The lowest BCUT2D eigenvalue weighted by Crippen LogP contribution is -1.92. The number of furan rings is 1. The molecule has 0 saturated heterocycles. The van der Waals surface area contributed by atoms with Crippen molar-refractivity contribution in [1.29, 1.82) is 0 Å². The predicted octanol–water partition coefficient (Wildman–Crippen LogP) is 3.87. The molecule has 0 saturated carbocycles. The maximum absolute atomic E-state index is 5.09. The summed E-state index contributed by atoms with van der Waals surface area (Å²) in [7, 11) is 0. The minimum Gasteiger partial charge on any atom is -0.472 e. The maximum Gasteiger partial charge on any atom is 0.0940 e. The van der Waals surface area contributed by atoms with Crippen molar-refractivity contribution in [3.05, 3.63) is 33.3 Å². The Kier molecular flexibility index (Phi) is 2.26. The quantitative estimate of drug-likeness (QED) is 0.708. The van der Waals surface area contributed by atoms with E-state index in [4.69, 9.17) is 4.42 Å². The summed E-state index contributed by atoms with van der Waals surface area (Å²) < 4.78 is 6.61. The van der Waals surface area contributed by atoms with Crippen LogP contribution in [-0.4, -0.2) is 0 Å². The van der Waals surface area contributed by atoms with Gasteiger partial charge in [-0.05, 0) is 57.6 Å². The van der Waals surface area contributed by atoms with Crippen LogP contribution in [0.2, 0.25) is 0 Å². The van der Waals surface area contributed by atoms with Crippen LogP contribution in [0.4, 0.5) is 0 Å². The molecule has 64 valence electrons. The van der Waals surface area contributed by atoms with Crippen molar-refractivity contribution in [2.45, 2.75) is 25.7 Å². The van der Waals surface area contributed by atoms with Crippen LogP contribution in [0.15, 0.2) is 32.2 Å². The SMILES string of the molecule is CC1=C(I)CC[C@@H]1c1ccoc1. The van der Waals surface area contributed by atoms with E-state index in [0.717, 1.165) is 0 Å². The average Bonchev–Trinajstić information content (AvgIpc) is 2.64. The molecule has 2 rings (SSSR count). The molecule has 0 aliphatic heterocycles. The Labute approximate surface area is 86.0 Å². The third-order valence-electron chi connectivity index (χ3n) is 2.55. The van der Waals surface area contributed by atoms with Crippen LogP contribution in [0.25, 0.3) is 0 Å². The van der Waals surface area contributed by atoms with Crippen molar-refractivity contribution in [3.63, 3.8) is 0 Å². The molecule has 0 aromatic carbocycles. The summed E-state index contributed by atoms with van der Waals surface area (Å²) in [5.41, 5.74) is 2.86. The minimum atomic E-state index is 0.621. The van der Waals surface area contributed by atoms with Gasteiger partial charge in [-0.25, -0.2) is 0 Å². The lowest BCUT2D eigenvalue weighted by atomic mass is 9.96. The Morgan fingerprint density at radius 2 is 2.42 bits per heavy atom. The standard InChI is InChI=1S/C10H11IO/c1-7-9(2-3-10(7)11)8-4-5-12-6-8/h4-6,9H,2-3H2,1H3/t9-/m0/s1. The van der Waals surface area contributed by atoms with Crippen molar-refractivity contribution in [2.75, 3.05) is 0 Å². The van der Waals surface area contributed by atoms with E-state index in [1.807, 2.05) is 6.26 Å². The van der Waals surface area contributed by atoms with Crippen molar-refractivity contribution < 1.29 is 4.42 Å². The molecule has 1 aromatic heterocycles. The van der Waals surface area contributed by atoms with Crippen LogP contribution in [0.5, 0.6) is 0 Å². The summed E-state index contributed by atoms with van der Waals surface area (Å²) in [5, 5.41) is 0. The fraction of sp³-hybridized carbons (Fsp3) is 0.400. The molecule has 0 N–H and O–H groups in total. The van der Waals surface area contributed by atoms with Gasteiger partial charge >= 0.3 is 0 Å². The van der Waals surface area contributed by atoms with Gasteiger partial charge in [-0.1, -0.05) is 5.57 Å². The van der Waals surface area contributed by atoms with Crippen LogP contribution in [0.3, 0.4) is 0 Å². The summed E-state index contributed by atoms with van der Waals surface area (Å²) in [4.78, 5) is 0. The van der Waals surface area contributed by atoms with Crippen LogP contribution in [-0.2, 0) is 0 Å². The van der Waals surface area contributed by atoms with Gasteiger partial charge in [0.15, 0.2) is 0 Å². The zero-order valence-corrected chi connectivity index (χ0v) is 9.17. The molecule has 2 heteroatoms. The van der Waals surface area contributed by atoms with Crippen molar-refractivity contribution in [2.24, 2.45) is 0 Å². The first-order chi connectivity index (χ1) is 5.79. The zero-order chi connectivity index (χ0) is 8.55. The van der Waals surface area contributed by atoms with E-state index in [1.165, 1.54) is 27.6 Å². The monoisotopic (exact) mass is 274 g/mol. The van der Waals surface area contributed by atoms with Gasteiger partial charge in [-0.3, -0.25) is 0 Å². The molecule has 12 heavy (non-hydrogen) atoms. The highest BCUT2D eigenvalue weighted by Crippen LogP contribution is 2.41. The van der Waals surface area contributed by atoms with Gasteiger partial charge in [0.2, 0.25) is 0 Å². The number of hydrogen-bond donors (Lipinski definition) is 0. The number of hydrogen-bond acceptors (Lipinski definition) is 1. The summed E-state index contributed by atoms with van der Waals surface area (Å²) in [6.45, 7) is 2.23. The van der Waals surface area contributed by atoms with Gasteiger partial charge in [-0.15, -0.1) is 0 Å². The van der Waals surface area contributed by atoms with Gasteiger partial charge in [-0.2, -0.15) is 0 Å². The first kappa shape index (κ1) is 8.35. The average molecular weight is 274 g/mol. The third kappa shape index (κ3) is 1.32. The third-order valence-corrected chi connectivity index (χ3v) is 3.94. The Morgan fingerprint density at radius 3 is 2.92 bits per heavy atom. The summed E-state index contributed by atoms with van der Waals surface area (Å²) in [6.07, 6.45) is 6.11. The largest absolute Gasteiger partial charge is 0.472 e. The zero-order valence-electron chi connectivity index (χ0n) is 7.01. The van der Waals surface area contributed by atoms with Crippen LogP contribution >= 0.6 is 22.6 Å². The van der Waals surface area contributed by atoms with E-state index < -0.39 is 0 Å². The molecule has 0 unspecified atom stereocenters. The molecular formula is C10H11IO. The fourth-order valence-corrected chi connectivity index (χ4v) is 2.45. The molecule has 1 atom stereocenters. The second-order valence-electron chi connectivity index (χ2n) is 3.24. The number of halogens is 1. The first-order valence-electron chi connectivity index (χ1n) is 4.16. The van der Waals surface area contributed by atoms with Gasteiger partial charge in [0, 0.05) is 5.92 Å². The molecule has 1 heterocycles.